The van der Waals surface area contributed by atoms with Crippen molar-refractivity contribution in [1.82, 2.24) is 9.78 Å². The number of nitrogens with zero attached hydrogens (tertiary/aromatic N) is 2. The van der Waals surface area contributed by atoms with Gasteiger partial charge < -0.3 is 9.84 Å². The van der Waals surface area contributed by atoms with E-state index in [1.165, 1.54) is 0 Å². The summed E-state index contributed by atoms with van der Waals surface area (Å²) in [4.78, 5) is 0. The monoisotopic (exact) mass is 292 g/mol. The number of aliphatic hydroxyl groups is 1. The topological polar surface area (TPSA) is 47.3 Å². The van der Waals surface area contributed by atoms with Crippen LogP contribution in [-0.2, 0) is 6.54 Å². The fourth-order valence-electron chi connectivity index (χ4n) is 2.52. The zero-order chi connectivity index (χ0) is 14.1. The molecule has 1 aromatic heterocycles. The van der Waals surface area contributed by atoms with Gasteiger partial charge in [-0.3, -0.25) is 4.68 Å². The third-order valence-electron chi connectivity index (χ3n) is 3.52. The van der Waals surface area contributed by atoms with Crippen molar-refractivity contribution < 1.29 is 9.84 Å². The smallest absolute Gasteiger partial charge is 0.130 e. The molecule has 0 aliphatic carbocycles. The molecule has 1 aliphatic heterocycles. The molecular formula is C15H17ClN2O2. The summed E-state index contributed by atoms with van der Waals surface area (Å²) in [6, 6.07) is 5.35. The summed E-state index contributed by atoms with van der Waals surface area (Å²) in [5, 5.41) is 15.2. The standard InChI is InChI=1S/C15H17ClN2O2/c1-2-5-18-9-10(8-17-18)15-7-13(19)12-6-11(16)3-4-14(12)20-15/h3-4,6,8-9,13,15,19H,2,5,7H2,1H3/t13-,15?/m0/s1. The molecule has 4 nitrogen and oxygen atoms in total. The number of hydrogen-bond acceptors (Lipinski definition) is 3. The van der Waals surface area contributed by atoms with Crippen LogP contribution in [0.1, 0.15) is 43.1 Å². The first kappa shape index (κ1) is 13.5. The molecule has 5 heteroatoms. The van der Waals surface area contributed by atoms with E-state index in [-0.39, 0.29) is 6.10 Å². The Morgan fingerprint density at radius 3 is 3.15 bits per heavy atom. The molecule has 1 N–H and O–H groups in total. The molecule has 0 spiro atoms. The molecule has 0 fully saturated rings. The lowest BCUT2D eigenvalue weighted by atomic mass is 9.96. The number of halogens is 1. The molecule has 0 saturated carbocycles. The van der Waals surface area contributed by atoms with Gasteiger partial charge in [0.1, 0.15) is 11.9 Å². The van der Waals surface area contributed by atoms with Crippen molar-refractivity contribution in [2.45, 2.75) is 38.5 Å². The van der Waals surface area contributed by atoms with Gasteiger partial charge in [-0.1, -0.05) is 18.5 Å². The van der Waals surface area contributed by atoms with Crippen LogP contribution in [0.5, 0.6) is 5.75 Å². The van der Waals surface area contributed by atoms with Crippen molar-refractivity contribution in [2.24, 2.45) is 0 Å². The molecule has 2 heterocycles. The first-order valence-electron chi connectivity index (χ1n) is 6.84. The number of aryl methyl sites for hydroxylation is 1. The Morgan fingerprint density at radius 1 is 1.50 bits per heavy atom. The number of ether oxygens (including phenoxy) is 1. The molecular weight excluding hydrogens is 276 g/mol. The van der Waals surface area contributed by atoms with Gasteiger partial charge in [-0.25, -0.2) is 0 Å². The lowest BCUT2D eigenvalue weighted by Crippen LogP contribution is -2.18. The van der Waals surface area contributed by atoms with E-state index in [2.05, 4.69) is 12.0 Å². The zero-order valence-corrected chi connectivity index (χ0v) is 12.0. The number of aliphatic hydroxyl groups excluding tert-OH is 1. The fourth-order valence-corrected chi connectivity index (χ4v) is 2.70. The molecule has 1 aliphatic rings. The highest BCUT2D eigenvalue weighted by atomic mass is 35.5. The van der Waals surface area contributed by atoms with Crippen LogP contribution in [0.3, 0.4) is 0 Å². The number of hydrogen-bond donors (Lipinski definition) is 1. The molecule has 1 unspecified atom stereocenters. The van der Waals surface area contributed by atoms with Crippen molar-refractivity contribution in [3.63, 3.8) is 0 Å². The SMILES string of the molecule is CCCn1cc(C2C[C@H](O)c3cc(Cl)ccc3O2)cn1. The third kappa shape index (κ3) is 2.53. The zero-order valence-electron chi connectivity index (χ0n) is 11.3. The van der Waals surface area contributed by atoms with E-state index < -0.39 is 6.10 Å². The maximum absolute atomic E-state index is 10.3. The molecule has 0 amide bonds. The van der Waals surface area contributed by atoms with E-state index >= 15 is 0 Å². The Bertz CT molecular complexity index is 612. The van der Waals surface area contributed by atoms with Crippen LogP contribution in [0.15, 0.2) is 30.6 Å². The van der Waals surface area contributed by atoms with Crippen molar-refractivity contribution in [3.05, 3.63) is 46.7 Å². The summed E-state index contributed by atoms with van der Waals surface area (Å²) in [7, 11) is 0. The highest BCUT2D eigenvalue weighted by molar-refractivity contribution is 6.30. The minimum atomic E-state index is -0.558. The minimum Gasteiger partial charge on any atom is -0.485 e. The number of fused-ring (bicyclic) bond motifs is 1. The third-order valence-corrected chi connectivity index (χ3v) is 3.75. The second-order valence-corrected chi connectivity index (χ2v) is 5.51. The number of benzene rings is 1. The number of rotatable bonds is 3. The minimum absolute atomic E-state index is 0.163. The van der Waals surface area contributed by atoms with Crippen LogP contribution in [-0.4, -0.2) is 14.9 Å². The lowest BCUT2D eigenvalue weighted by molar-refractivity contribution is 0.0657. The molecule has 20 heavy (non-hydrogen) atoms. The van der Waals surface area contributed by atoms with Gasteiger partial charge in [-0.15, -0.1) is 0 Å². The summed E-state index contributed by atoms with van der Waals surface area (Å²) in [5.74, 6) is 0.696. The van der Waals surface area contributed by atoms with Crippen LogP contribution < -0.4 is 4.74 Å². The molecule has 2 aromatic rings. The molecule has 1 aromatic carbocycles. The van der Waals surface area contributed by atoms with Crippen molar-refractivity contribution >= 4 is 11.6 Å². The normalized spacial score (nSPS) is 21.4. The number of aromatic nitrogens is 2. The Balaban J connectivity index is 1.85. The van der Waals surface area contributed by atoms with E-state index in [1.54, 1.807) is 12.1 Å². The predicted octanol–water partition coefficient (Wildman–Crippen LogP) is 3.50. The predicted molar refractivity (Wildman–Crippen MR) is 76.9 cm³/mol. The Labute approximate surface area is 122 Å². The second kappa shape index (κ2) is 5.46. The summed E-state index contributed by atoms with van der Waals surface area (Å²) in [6.07, 6.45) is 4.64. The largest absolute Gasteiger partial charge is 0.485 e. The van der Waals surface area contributed by atoms with Crippen molar-refractivity contribution in [3.8, 4) is 5.75 Å². The van der Waals surface area contributed by atoms with Crippen LogP contribution in [0.4, 0.5) is 0 Å². The molecule has 0 bridgehead atoms. The van der Waals surface area contributed by atoms with E-state index in [1.807, 2.05) is 23.1 Å². The summed E-state index contributed by atoms with van der Waals surface area (Å²) >= 11 is 5.95. The lowest BCUT2D eigenvalue weighted by Gasteiger charge is -2.29. The maximum Gasteiger partial charge on any atom is 0.130 e. The van der Waals surface area contributed by atoms with Gasteiger partial charge in [0.25, 0.3) is 0 Å². The molecule has 106 valence electrons. The highest BCUT2D eigenvalue weighted by Gasteiger charge is 2.29. The van der Waals surface area contributed by atoms with Gasteiger partial charge in [0.05, 0.1) is 12.3 Å². The Morgan fingerprint density at radius 2 is 2.35 bits per heavy atom. The van der Waals surface area contributed by atoms with Gasteiger partial charge in [-0.05, 0) is 24.6 Å². The first-order valence-corrected chi connectivity index (χ1v) is 7.21. The van der Waals surface area contributed by atoms with Crippen molar-refractivity contribution in [2.75, 3.05) is 0 Å². The van der Waals surface area contributed by atoms with E-state index in [4.69, 9.17) is 16.3 Å². The molecule has 0 saturated heterocycles. The van der Waals surface area contributed by atoms with Gasteiger partial charge in [0.15, 0.2) is 0 Å². The Kier molecular flexibility index (Phi) is 3.68. The molecule has 2 atom stereocenters. The summed E-state index contributed by atoms with van der Waals surface area (Å²) < 4.78 is 7.87. The van der Waals surface area contributed by atoms with E-state index in [0.29, 0.717) is 17.2 Å². The van der Waals surface area contributed by atoms with Gasteiger partial charge >= 0.3 is 0 Å². The van der Waals surface area contributed by atoms with Crippen LogP contribution in [0.25, 0.3) is 0 Å². The van der Waals surface area contributed by atoms with Crippen LogP contribution >= 0.6 is 11.6 Å². The first-order chi connectivity index (χ1) is 9.67. The van der Waals surface area contributed by atoms with Gasteiger partial charge in [0.2, 0.25) is 0 Å². The second-order valence-electron chi connectivity index (χ2n) is 5.08. The summed E-state index contributed by atoms with van der Waals surface area (Å²) in [6.45, 7) is 3.00. The van der Waals surface area contributed by atoms with Gasteiger partial charge in [0, 0.05) is 35.3 Å². The van der Waals surface area contributed by atoms with Crippen LogP contribution in [0.2, 0.25) is 5.02 Å². The van der Waals surface area contributed by atoms with Crippen molar-refractivity contribution in [1.29, 1.82) is 0 Å². The Hall–Kier alpha value is -1.52. The highest BCUT2D eigenvalue weighted by Crippen LogP contribution is 2.41. The molecule has 0 radical (unpaired) electrons. The quantitative estimate of drug-likeness (QED) is 0.942. The molecule has 3 rings (SSSR count). The average molecular weight is 293 g/mol. The van der Waals surface area contributed by atoms with E-state index in [9.17, 15) is 5.11 Å². The average Bonchev–Trinajstić information content (AvgIpc) is 2.88. The van der Waals surface area contributed by atoms with Gasteiger partial charge in [-0.2, -0.15) is 5.10 Å². The summed E-state index contributed by atoms with van der Waals surface area (Å²) in [5.41, 5.74) is 1.76. The van der Waals surface area contributed by atoms with E-state index in [0.717, 1.165) is 24.1 Å². The van der Waals surface area contributed by atoms with Crippen LogP contribution in [0, 0.1) is 0 Å². The maximum atomic E-state index is 10.3. The fraction of sp³-hybridized carbons (Fsp3) is 0.400.